The number of rotatable bonds is 10. The molecule has 9 nitrogen and oxygen atoms in total. The van der Waals surface area contributed by atoms with Crippen molar-refractivity contribution in [3.8, 4) is 11.5 Å². The van der Waals surface area contributed by atoms with Gasteiger partial charge in [-0.2, -0.15) is 0 Å². The van der Waals surface area contributed by atoms with Crippen LogP contribution in [0.25, 0.3) is 10.8 Å². The monoisotopic (exact) mass is 625 g/mol. The average molecular weight is 626 g/mol. The number of phenols is 2. The second kappa shape index (κ2) is 14.4. The molecule has 46 heavy (non-hydrogen) atoms. The van der Waals surface area contributed by atoms with Crippen molar-refractivity contribution in [2.75, 3.05) is 5.32 Å². The van der Waals surface area contributed by atoms with Crippen molar-refractivity contribution in [1.29, 1.82) is 0 Å². The zero-order valence-corrected chi connectivity index (χ0v) is 27.2. The van der Waals surface area contributed by atoms with Crippen LogP contribution in [0, 0.1) is 6.92 Å². The Labute approximate surface area is 270 Å². The van der Waals surface area contributed by atoms with Crippen LogP contribution in [0.4, 0.5) is 10.5 Å². The molecular formula is C37H43N3O6. The van der Waals surface area contributed by atoms with Gasteiger partial charge in [-0.1, -0.05) is 55.5 Å². The lowest BCUT2D eigenvalue weighted by molar-refractivity contribution is -0.143. The van der Waals surface area contributed by atoms with Crippen molar-refractivity contribution in [2.45, 2.75) is 78.1 Å². The minimum Gasteiger partial charge on any atom is -0.508 e. The largest absolute Gasteiger partial charge is 0.508 e. The summed E-state index contributed by atoms with van der Waals surface area (Å²) in [5, 5.41) is 27.9. The SMILES string of the molecule is CCC(C)N(C(=O)C(Cc1ccc(O)cc1)NC(=O)OC(C)(C)C)C(C(=O)Nc1ccc2ccccc2c1)c1ccc(O)c(C)c1. The first-order valence-corrected chi connectivity index (χ1v) is 15.4. The summed E-state index contributed by atoms with van der Waals surface area (Å²) in [4.78, 5) is 43.6. The molecule has 4 aromatic rings. The molecule has 0 aliphatic heterocycles. The Bertz CT molecular complexity index is 1700. The zero-order valence-electron chi connectivity index (χ0n) is 27.2. The Hall–Kier alpha value is -5.05. The highest BCUT2D eigenvalue weighted by molar-refractivity contribution is 6.00. The predicted molar refractivity (Wildman–Crippen MR) is 180 cm³/mol. The maximum atomic E-state index is 14.7. The molecule has 3 amide bonds. The highest BCUT2D eigenvalue weighted by Crippen LogP contribution is 2.31. The Morgan fingerprint density at radius 1 is 0.891 bits per heavy atom. The molecule has 9 heteroatoms. The van der Waals surface area contributed by atoms with Gasteiger partial charge in [-0.3, -0.25) is 9.59 Å². The lowest BCUT2D eigenvalue weighted by Crippen LogP contribution is -2.55. The van der Waals surface area contributed by atoms with Crippen LogP contribution in [0.5, 0.6) is 11.5 Å². The number of phenolic OH excluding ortho intramolecular Hbond substituents is 2. The summed E-state index contributed by atoms with van der Waals surface area (Å²) < 4.78 is 5.51. The summed E-state index contributed by atoms with van der Waals surface area (Å²) in [6.07, 6.45) is -0.175. The topological polar surface area (TPSA) is 128 Å². The van der Waals surface area contributed by atoms with Crippen LogP contribution in [0.1, 0.15) is 63.8 Å². The highest BCUT2D eigenvalue weighted by atomic mass is 16.6. The average Bonchev–Trinajstić information content (AvgIpc) is 3.00. The van der Waals surface area contributed by atoms with Crippen molar-refractivity contribution >= 4 is 34.4 Å². The molecule has 0 aromatic heterocycles. The summed E-state index contributed by atoms with van der Waals surface area (Å²) in [6.45, 7) is 10.7. The number of fused-ring (bicyclic) bond motifs is 1. The third-order valence-corrected chi connectivity index (χ3v) is 7.77. The van der Waals surface area contributed by atoms with Gasteiger partial charge in [0.05, 0.1) is 0 Å². The normalized spacial score (nSPS) is 13.3. The fourth-order valence-corrected chi connectivity index (χ4v) is 5.26. The Morgan fingerprint density at radius 3 is 2.20 bits per heavy atom. The Balaban J connectivity index is 1.78. The number of anilines is 1. The van der Waals surface area contributed by atoms with Gasteiger partial charge >= 0.3 is 6.09 Å². The van der Waals surface area contributed by atoms with E-state index in [1.54, 1.807) is 52.0 Å². The number of ether oxygens (including phenoxy) is 1. The molecule has 3 atom stereocenters. The molecule has 0 bridgehead atoms. The van der Waals surface area contributed by atoms with E-state index < -0.39 is 41.6 Å². The predicted octanol–water partition coefficient (Wildman–Crippen LogP) is 7.00. The number of hydrogen-bond acceptors (Lipinski definition) is 6. The molecule has 0 radical (unpaired) electrons. The van der Waals surface area contributed by atoms with Gasteiger partial charge < -0.3 is 30.5 Å². The number of amides is 3. The Morgan fingerprint density at radius 2 is 1.57 bits per heavy atom. The molecule has 0 heterocycles. The first kappa shape index (κ1) is 33.8. The first-order chi connectivity index (χ1) is 21.8. The van der Waals surface area contributed by atoms with Crippen LogP contribution < -0.4 is 10.6 Å². The van der Waals surface area contributed by atoms with E-state index in [4.69, 9.17) is 4.74 Å². The number of carbonyl (C=O) groups excluding carboxylic acids is 3. The minimum absolute atomic E-state index is 0.0654. The maximum Gasteiger partial charge on any atom is 0.408 e. The van der Waals surface area contributed by atoms with Gasteiger partial charge in [0.2, 0.25) is 5.91 Å². The molecule has 0 fully saturated rings. The van der Waals surface area contributed by atoms with E-state index in [1.807, 2.05) is 56.3 Å². The van der Waals surface area contributed by atoms with Gasteiger partial charge in [0, 0.05) is 18.2 Å². The zero-order chi connectivity index (χ0) is 33.6. The summed E-state index contributed by atoms with van der Waals surface area (Å²) in [6, 6.07) is 22.0. The first-order valence-electron chi connectivity index (χ1n) is 15.4. The number of alkyl carbamates (subject to hydrolysis) is 1. The lowest BCUT2D eigenvalue weighted by atomic mass is 9.96. The number of nitrogens with zero attached hydrogens (tertiary/aromatic N) is 1. The molecule has 3 unspecified atom stereocenters. The van der Waals surface area contributed by atoms with Gasteiger partial charge in [0.15, 0.2) is 0 Å². The van der Waals surface area contributed by atoms with Crippen molar-refractivity contribution in [1.82, 2.24) is 10.2 Å². The maximum absolute atomic E-state index is 14.7. The molecule has 0 aliphatic carbocycles. The van der Waals surface area contributed by atoms with Gasteiger partial charge in [-0.25, -0.2) is 4.79 Å². The van der Waals surface area contributed by atoms with E-state index in [2.05, 4.69) is 10.6 Å². The second-order valence-corrected chi connectivity index (χ2v) is 12.6. The lowest BCUT2D eigenvalue weighted by Gasteiger charge is -2.38. The summed E-state index contributed by atoms with van der Waals surface area (Å²) in [5.74, 6) is -0.802. The molecule has 0 saturated carbocycles. The summed E-state index contributed by atoms with van der Waals surface area (Å²) in [5.41, 5.74) is 1.49. The smallest absolute Gasteiger partial charge is 0.408 e. The molecule has 4 N–H and O–H groups in total. The number of aromatic hydroxyl groups is 2. The fourth-order valence-electron chi connectivity index (χ4n) is 5.26. The van der Waals surface area contributed by atoms with Crippen LogP contribution in [0.15, 0.2) is 84.9 Å². The molecular weight excluding hydrogens is 582 g/mol. The summed E-state index contributed by atoms with van der Waals surface area (Å²) in [7, 11) is 0. The number of nitrogens with one attached hydrogen (secondary N) is 2. The van der Waals surface area contributed by atoms with Gasteiger partial charge in [0.25, 0.3) is 5.91 Å². The van der Waals surface area contributed by atoms with Crippen LogP contribution in [0.3, 0.4) is 0 Å². The van der Waals surface area contributed by atoms with E-state index in [0.29, 0.717) is 28.8 Å². The molecule has 0 saturated heterocycles. The van der Waals surface area contributed by atoms with E-state index >= 15 is 0 Å². The van der Waals surface area contributed by atoms with Crippen LogP contribution >= 0.6 is 0 Å². The number of aryl methyl sites for hydroxylation is 1. The summed E-state index contributed by atoms with van der Waals surface area (Å²) >= 11 is 0. The van der Waals surface area contributed by atoms with E-state index in [-0.39, 0.29) is 17.9 Å². The molecule has 0 spiro atoms. The minimum atomic E-state index is -1.11. The molecule has 242 valence electrons. The number of benzene rings is 4. The number of hydrogen-bond donors (Lipinski definition) is 4. The quantitative estimate of drug-likeness (QED) is 0.150. The van der Waals surface area contributed by atoms with E-state index in [0.717, 1.165) is 10.8 Å². The van der Waals surface area contributed by atoms with E-state index in [9.17, 15) is 24.6 Å². The van der Waals surface area contributed by atoms with Gasteiger partial charge in [-0.05, 0) is 105 Å². The van der Waals surface area contributed by atoms with Crippen molar-refractivity contribution in [3.05, 3.63) is 102 Å². The highest BCUT2D eigenvalue weighted by Gasteiger charge is 2.39. The van der Waals surface area contributed by atoms with Crippen molar-refractivity contribution in [2.24, 2.45) is 0 Å². The molecule has 0 aliphatic rings. The molecule has 4 rings (SSSR count). The standard InChI is InChI=1S/C37H43N3O6/c1-7-24(3)40(35(44)31(39-36(45)46-37(4,5)6)21-25-12-17-30(41)18-13-25)33(28-15-19-32(42)23(2)20-28)34(43)38-29-16-14-26-10-8-9-11-27(26)22-29/h8-20,22,24,31,33,41-42H,7,21H2,1-6H3,(H,38,43)(H,39,45). The third kappa shape index (κ3) is 8.56. The van der Waals surface area contributed by atoms with Gasteiger partial charge in [0.1, 0.15) is 29.2 Å². The molecule has 4 aromatic carbocycles. The third-order valence-electron chi connectivity index (χ3n) is 7.77. The van der Waals surface area contributed by atoms with Crippen molar-refractivity contribution in [3.63, 3.8) is 0 Å². The van der Waals surface area contributed by atoms with Crippen molar-refractivity contribution < 1.29 is 29.3 Å². The second-order valence-electron chi connectivity index (χ2n) is 12.6. The Kier molecular flexibility index (Phi) is 10.6. The number of carbonyl (C=O) groups is 3. The van der Waals surface area contributed by atoms with Crippen LogP contribution in [-0.2, 0) is 20.7 Å². The van der Waals surface area contributed by atoms with Crippen LogP contribution in [0.2, 0.25) is 0 Å². The fraction of sp³-hybridized carbons (Fsp3) is 0.324. The van der Waals surface area contributed by atoms with Gasteiger partial charge in [-0.15, -0.1) is 0 Å². The van der Waals surface area contributed by atoms with E-state index in [1.165, 1.54) is 23.1 Å². The van der Waals surface area contributed by atoms with Crippen LogP contribution in [-0.4, -0.2) is 50.7 Å².